The van der Waals surface area contributed by atoms with Gasteiger partial charge in [-0.25, -0.2) is 0 Å². The third kappa shape index (κ3) is 3.40. The van der Waals surface area contributed by atoms with Gasteiger partial charge < -0.3 is 5.32 Å². The summed E-state index contributed by atoms with van der Waals surface area (Å²) in [5.74, 6) is 0. The van der Waals surface area contributed by atoms with Crippen LogP contribution in [0.3, 0.4) is 0 Å². The van der Waals surface area contributed by atoms with Gasteiger partial charge in [0, 0.05) is 32.2 Å². The second-order valence-corrected chi connectivity index (χ2v) is 6.18. The standard InChI is InChI=1S/C11H25N3O2S/c1-4-13(5-2)17(15,16)14(6-3)11-8-7-9-12-10-11/h11-12H,4-10H2,1-3H3. The predicted octanol–water partition coefficient (Wildman–Crippen LogP) is 0.647. The highest BCUT2D eigenvalue weighted by Crippen LogP contribution is 2.17. The Bertz CT molecular complexity index is 309. The number of rotatable bonds is 6. The Morgan fingerprint density at radius 1 is 1.18 bits per heavy atom. The molecule has 0 aromatic rings. The second kappa shape index (κ2) is 6.68. The molecule has 102 valence electrons. The molecule has 6 heteroatoms. The molecule has 0 spiro atoms. The van der Waals surface area contributed by atoms with Gasteiger partial charge in [-0.05, 0) is 19.4 Å². The Hall–Kier alpha value is -0.170. The lowest BCUT2D eigenvalue weighted by Crippen LogP contribution is -2.53. The number of hydrogen-bond acceptors (Lipinski definition) is 3. The Labute approximate surface area is 105 Å². The summed E-state index contributed by atoms with van der Waals surface area (Å²) in [5.41, 5.74) is 0. The van der Waals surface area contributed by atoms with Gasteiger partial charge in [0.15, 0.2) is 0 Å². The molecule has 1 aliphatic rings. The van der Waals surface area contributed by atoms with Crippen LogP contribution >= 0.6 is 0 Å². The van der Waals surface area contributed by atoms with Crippen LogP contribution in [0, 0.1) is 0 Å². The molecule has 0 saturated carbocycles. The highest BCUT2D eigenvalue weighted by atomic mass is 32.2. The van der Waals surface area contributed by atoms with Crippen LogP contribution in [0.4, 0.5) is 0 Å². The molecule has 1 N–H and O–H groups in total. The summed E-state index contributed by atoms with van der Waals surface area (Å²) >= 11 is 0. The third-order valence-corrected chi connectivity index (χ3v) is 5.64. The van der Waals surface area contributed by atoms with E-state index in [2.05, 4.69) is 5.32 Å². The van der Waals surface area contributed by atoms with Gasteiger partial charge in [-0.1, -0.05) is 20.8 Å². The summed E-state index contributed by atoms with van der Waals surface area (Å²) in [6.45, 7) is 9.07. The molecule has 0 amide bonds. The summed E-state index contributed by atoms with van der Waals surface area (Å²) in [5, 5.41) is 3.27. The lowest BCUT2D eigenvalue weighted by Gasteiger charge is -2.35. The highest BCUT2D eigenvalue weighted by Gasteiger charge is 2.32. The SMILES string of the molecule is CCN(CC)S(=O)(=O)N(CC)C1CCCNC1. The quantitative estimate of drug-likeness (QED) is 0.765. The fourth-order valence-electron chi connectivity index (χ4n) is 2.39. The fourth-order valence-corrected chi connectivity index (χ4v) is 4.22. The van der Waals surface area contributed by atoms with Crippen LogP contribution in [0.25, 0.3) is 0 Å². The van der Waals surface area contributed by atoms with Crippen molar-refractivity contribution in [2.75, 3.05) is 32.7 Å². The number of nitrogens with zero attached hydrogens (tertiary/aromatic N) is 2. The van der Waals surface area contributed by atoms with Crippen LogP contribution in [0.5, 0.6) is 0 Å². The van der Waals surface area contributed by atoms with Crippen molar-refractivity contribution in [3.63, 3.8) is 0 Å². The zero-order valence-corrected chi connectivity index (χ0v) is 12.0. The topological polar surface area (TPSA) is 52.7 Å². The second-order valence-electron chi connectivity index (χ2n) is 4.30. The summed E-state index contributed by atoms with van der Waals surface area (Å²) < 4.78 is 28.1. The van der Waals surface area contributed by atoms with Crippen molar-refractivity contribution in [2.45, 2.75) is 39.7 Å². The molecule has 0 aromatic heterocycles. The van der Waals surface area contributed by atoms with Crippen molar-refractivity contribution >= 4 is 10.2 Å². The Morgan fingerprint density at radius 2 is 1.82 bits per heavy atom. The zero-order chi connectivity index (χ0) is 12.9. The molecular formula is C11H25N3O2S. The van der Waals surface area contributed by atoms with E-state index in [4.69, 9.17) is 0 Å². The maximum atomic E-state index is 12.4. The first-order valence-electron chi connectivity index (χ1n) is 6.55. The van der Waals surface area contributed by atoms with E-state index in [1.807, 2.05) is 20.8 Å². The van der Waals surface area contributed by atoms with Crippen LogP contribution < -0.4 is 5.32 Å². The zero-order valence-electron chi connectivity index (χ0n) is 11.1. The minimum absolute atomic E-state index is 0.111. The monoisotopic (exact) mass is 263 g/mol. The highest BCUT2D eigenvalue weighted by molar-refractivity contribution is 7.86. The molecular weight excluding hydrogens is 238 g/mol. The first kappa shape index (κ1) is 14.9. The van der Waals surface area contributed by atoms with Crippen molar-refractivity contribution in [1.29, 1.82) is 0 Å². The van der Waals surface area contributed by atoms with E-state index < -0.39 is 10.2 Å². The van der Waals surface area contributed by atoms with Crippen LogP contribution in [0.2, 0.25) is 0 Å². The average Bonchev–Trinajstić information content (AvgIpc) is 2.32. The van der Waals surface area contributed by atoms with E-state index in [0.29, 0.717) is 19.6 Å². The number of hydrogen-bond donors (Lipinski definition) is 1. The molecule has 1 atom stereocenters. The van der Waals surface area contributed by atoms with Gasteiger partial charge in [0.25, 0.3) is 10.2 Å². The molecule has 1 heterocycles. The number of likely N-dealkylation sites (N-methyl/N-ethyl adjacent to an activating group) is 1. The summed E-state index contributed by atoms with van der Waals surface area (Å²) in [4.78, 5) is 0. The lowest BCUT2D eigenvalue weighted by molar-refractivity contribution is 0.254. The van der Waals surface area contributed by atoms with Gasteiger partial charge in [0.05, 0.1) is 0 Å². The van der Waals surface area contributed by atoms with Crippen molar-refractivity contribution in [3.8, 4) is 0 Å². The molecule has 5 nitrogen and oxygen atoms in total. The molecule has 17 heavy (non-hydrogen) atoms. The Balaban J connectivity index is 2.84. The molecule has 1 aliphatic heterocycles. The predicted molar refractivity (Wildman–Crippen MR) is 70.1 cm³/mol. The molecule has 0 aliphatic carbocycles. The lowest BCUT2D eigenvalue weighted by atomic mass is 10.1. The molecule has 0 radical (unpaired) electrons. The normalized spacial score (nSPS) is 22.3. The van der Waals surface area contributed by atoms with Crippen LogP contribution in [0.1, 0.15) is 33.6 Å². The minimum atomic E-state index is -3.29. The van der Waals surface area contributed by atoms with E-state index in [0.717, 1.165) is 25.9 Å². The van der Waals surface area contributed by atoms with Crippen molar-refractivity contribution in [3.05, 3.63) is 0 Å². The Kier molecular flexibility index (Phi) is 5.85. The van der Waals surface area contributed by atoms with Crippen molar-refractivity contribution < 1.29 is 8.42 Å². The number of nitrogens with one attached hydrogen (secondary N) is 1. The molecule has 1 unspecified atom stereocenters. The van der Waals surface area contributed by atoms with Gasteiger partial charge in [-0.15, -0.1) is 0 Å². The number of piperidine rings is 1. The maximum absolute atomic E-state index is 12.4. The molecule has 1 fully saturated rings. The molecule has 0 bridgehead atoms. The summed E-state index contributed by atoms with van der Waals surface area (Å²) in [7, 11) is -3.29. The molecule has 0 aromatic carbocycles. The summed E-state index contributed by atoms with van der Waals surface area (Å²) in [6.07, 6.45) is 2.01. The largest absolute Gasteiger partial charge is 0.315 e. The smallest absolute Gasteiger partial charge is 0.282 e. The van der Waals surface area contributed by atoms with Crippen LogP contribution in [-0.2, 0) is 10.2 Å². The van der Waals surface area contributed by atoms with Crippen molar-refractivity contribution in [1.82, 2.24) is 13.9 Å². The fraction of sp³-hybridized carbons (Fsp3) is 1.00. The third-order valence-electron chi connectivity index (χ3n) is 3.32. The van der Waals surface area contributed by atoms with E-state index in [1.165, 1.54) is 4.31 Å². The van der Waals surface area contributed by atoms with E-state index >= 15 is 0 Å². The van der Waals surface area contributed by atoms with E-state index in [-0.39, 0.29) is 6.04 Å². The van der Waals surface area contributed by atoms with Gasteiger partial charge in [-0.2, -0.15) is 17.0 Å². The Morgan fingerprint density at radius 3 is 2.24 bits per heavy atom. The van der Waals surface area contributed by atoms with Gasteiger partial charge >= 0.3 is 0 Å². The van der Waals surface area contributed by atoms with Crippen LogP contribution in [-0.4, -0.2) is 55.8 Å². The minimum Gasteiger partial charge on any atom is -0.315 e. The van der Waals surface area contributed by atoms with Gasteiger partial charge in [0.1, 0.15) is 0 Å². The maximum Gasteiger partial charge on any atom is 0.282 e. The van der Waals surface area contributed by atoms with Crippen molar-refractivity contribution in [2.24, 2.45) is 0 Å². The van der Waals surface area contributed by atoms with E-state index in [9.17, 15) is 8.42 Å². The first-order valence-corrected chi connectivity index (χ1v) is 7.95. The van der Waals surface area contributed by atoms with Gasteiger partial charge in [0.2, 0.25) is 0 Å². The first-order chi connectivity index (χ1) is 8.07. The molecule has 1 rings (SSSR count). The summed E-state index contributed by atoms with van der Waals surface area (Å²) in [6, 6.07) is 0.111. The molecule has 1 saturated heterocycles. The average molecular weight is 263 g/mol. The van der Waals surface area contributed by atoms with E-state index in [1.54, 1.807) is 4.31 Å². The van der Waals surface area contributed by atoms with Gasteiger partial charge in [-0.3, -0.25) is 0 Å². The van der Waals surface area contributed by atoms with Crippen LogP contribution in [0.15, 0.2) is 0 Å².